The van der Waals surface area contributed by atoms with Crippen LogP contribution in [-0.2, 0) is 9.59 Å². The fourth-order valence-electron chi connectivity index (χ4n) is 3.27. The van der Waals surface area contributed by atoms with Crippen molar-refractivity contribution in [2.45, 2.75) is 50.6 Å². The predicted octanol–water partition coefficient (Wildman–Crippen LogP) is -0.00460. The number of nitrogens with zero attached hydrogens (tertiary/aromatic N) is 2. The van der Waals surface area contributed by atoms with Gasteiger partial charge in [-0.15, -0.1) is 0 Å². The van der Waals surface area contributed by atoms with Crippen LogP contribution < -0.4 is 10.7 Å². The molecule has 6 heteroatoms. The van der Waals surface area contributed by atoms with Gasteiger partial charge in [0.25, 0.3) is 5.91 Å². The fraction of sp³-hybridized carbons (Fsp3) is 0.769. The molecule has 0 aromatic heterocycles. The molecular weight excluding hydrogens is 244 g/mol. The minimum absolute atomic E-state index is 0.102. The van der Waals surface area contributed by atoms with Crippen LogP contribution in [0, 0.1) is 0 Å². The molecule has 1 unspecified atom stereocenters. The first-order chi connectivity index (χ1) is 9.22. The fourth-order valence-corrected chi connectivity index (χ4v) is 3.27. The first-order valence-electron chi connectivity index (χ1n) is 7.12. The minimum Gasteiger partial charge on any atom is -0.347 e. The highest BCUT2D eigenvalue weighted by Crippen LogP contribution is 2.26. The summed E-state index contributed by atoms with van der Waals surface area (Å²) >= 11 is 0. The van der Waals surface area contributed by atoms with Crippen LogP contribution in [0.1, 0.15) is 38.5 Å². The number of rotatable bonds is 3. The maximum absolute atomic E-state index is 11.9. The minimum atomic E-state index is -0.204. The molecule has 6 nitrogen and oxygen atoms in total. The van der Waals surface area contributed by atoms with Crippen molar-refractivity contribution in [1.82, 2.24) is 15.6 Å². The molecule has 3 rings (SSSR count). The van der Waals surface area contributed by atoms with E-state index in [4.69, 9.17) is 0 Å². The standard InChI is InChI=1S/C13H20N4O2/c18-12-7-11(15-16-12)13(19)14-9-5-6-17(8-9)10-3-1-2-4-10/h9-10H,1-8H2,(H,14,19)(H,16,18). The van der Waals surface area contributed by atoms with Crippen LogP contribution in [0.15, 0.2) is 5.10 Å². The summed E-state index contributed by atoms with van der Waals surface area (Å²) in [5.41, 5.74) is 2.62. The molecule has 1 aliphatic carbocycles. The molecule has 2 fully saturated rings. The van der Waals surface area contributed by atoms with E-state index in [0.29, 0.717) is 11.8 Å². The van der Waals surface area contributed by atoms with E-state index in [0.717, 1.165) is 19.5 Å². The van der Waals surface area contributed by atoms with Gasteiger partial charge in [0.05, 0.1) is 6.42 Å². The average Bonchev–Trinajstić information content (AvgIpc) is 3.07. The third kappa shape index (κ3) is 2.78. The van der Waals surface area contributed by atoms with Gasteiger partial charge in [-0.25, -0.2) is 5.43 Å². The van der Waals surface area contributed by atoms with Crippen LogP contribution in [0.3, 0.4) is 0 Å². The number of carbonyl (C=O) groups is 2. The summed E-state index contributed by atoms with van der Waals surface area (Å²) in [4.78, 5) is 25.4. The van der Waals surface area contributed by atoms with Gasteiger partial charge in [0, 0.05) is 25.2 Å². The van der Waals surface area contributed by atoms with Crippen LogP contribution in [0.4, 0.5) is 0 Å². The van der Waals surface area contributed by atoms with E-state index in [1.165, 1.54) is 25.7 Å². The van der Waals surface area contributed by atoms with Gasteiger partial charge in [-0.2, -0.15) is 5.10 Å². The van der Waals surface area contributed by atoms with Gasteiger partial charge in [0.15, 0.2) is 0 Å². The molecule has 2 heterocycles. The van der Waals surface area contributed by atoms with Crippen molar-refractivity contribution in [2.24, 2.45) is 5.10 Å². The van der Waals surface area contributed by atoms with Gasteiger partial charge < -0.3 is 5.32 Å². The number of carbonyl (C=O) groups excluding carboxylic acids is 2. The van der Waals surface area contributed by atoms with Gasteiger partial charge >= 0.3 is 0 Å². The number of amides is 2. The molecule has 104 valence electrons. The Morgan fingerprint density at radius 1 is 1.32 bits per heavy atom. The predicted molar refractivity (Wildman–Crippen MR) is 70.6 cm³/mol. The molecular formula is C13H20N4O2. The highest BCUT2D eigenvalue weighted by molar-refractivity contribution is 6.43. The van der Waals surface area contributed by atoms with Gasteiger partial charge in [-0.3, -0.25) is 14.5 Å². The molecule has 1 saturated heterocycles. The SMILES string of the molecule is O=C1CC(C(=O)NC2CCN(C3CCCC3)C2)=NN1. The Bertz CT molecular complexity index is 415. The summed E-state index contributed by atoms with van der Waals surface area (Å²) in [6, 6.07) is 0.917. The molecule has 2 amide bonds. The lowest BCUT2D eigenvalue weighted by atomic mass is 10.2. The van der Waals surface area contributed by atoms with Crippen molar-refractivity contribution < 1.29 is 9.59 Å². The molecule has 0 aromatic carbocycles. The summed E-state index contributed by atoms with van der Waals surface area (Å²) in [6.07, 6.45) is 6.37. The van der Waals surface area contributed by atoms with E-state index in [-0.39, 0.29) is 24.3 Å². The van der Waals surface area contributed by atoms with Crippen molar-refractivity contribution in [3.8, 4) is 0 Å². The average molecular weight is 264 g/mol. The first kappa shape index (κ1) is 12.6. The number of likely N-dealkylation sites (tertiary alicyclic amines) is 1. The first-order valence-corrected chi connectivity index (χ1v) is 7.12. The lowest BCUT2D eigenvalue weighted by Gasteiger charge is -2.23. The van der Waals surface area contributed by atoms with Crippen molar-refractivity contribution in [1.29, 1.82) is 0 Å². The van der Waals surface area contributed by atoms with Crippen molar-refractivity contribution in [2.75, 3.05) is 13.1 Å². The molecule has 0 bridgehead atoms. The second kappa shape index (κ2) is 5.28. The molecule has 3 aliphatic rings. The summed E-state index contributed by atoms with van der Waals surface area (Å²) in [6.45, 7) is 2.00. The molecule has 0 aromatic rings. The monoisotopic (exact) mass is 264 g/mol. The van der Waals surface area contributed by atoms with E-state index in [2.05, 4.69) is 20.7 Å². The summed E-state index contributed by atoms with van der Waals surface area (Å²) < 4.78 is 0. The molecule has 1 saturated carbocycles. The number of hydrazone groups is 1. The zero-order valence-electron chi connectivity index (χ0n) is 11.0. The largest absolute Gasteiger partial charge is 0.347 e. The maximum atomic E-state index is 11.9. The second-order valence-electron chi connectivity index (χ2n) is 5.66. The molecule has 1 atom stereocenters. The van der Waals surface area contributed by atoms with Crippen LogP contribution in [0.25, 0.3) is 0 Å². The normalized spacial score (nSPS) is 28.5. The zero-order valence-corrected chi connectivity index (χ0v) is 11.0. The third-order valence-corrected chi connectivity index (χ3v) is 4.30. The Morgan fingerprint density at radius 3 is 2.79 bits per heavy atom. The molecule has 0 spiro atoms. The van der Waals surface area contributed by atoms with Crippen LogP contribution in [0.5, 0.6) is 0 Å². The van der Waals surface area contributed by atoms with Gasteiger partial charge in [0.2, 0.25) is 5.91 Å². The highest BCUT2D eigenvalue weighted by atomic mass is 16.2. The molecule has 2 aliphatic heterocycles. The lowest BCUT2D eigenvalue weighted by molar-refractivity contribution is -0.120. The van der Waals surface area contributed by atoms with Crippen LogP contribution in [-0.4, -0.2) is 47.6 Å². The van der Waals surface area contributed by atoms with Crippen molar-refractivity contribution >= 4 is 17.5 Å². The molecule has 19 heavy (non-hydrogen) atoms. The molecule has 2 N–H and O–H groups in total. The summed E-state index contributed by atoms with van der Waals surface area (Å²) in [5.74, 6) is -0.402. The number of nitrogens with one attached hydrogen (secondary N) is 2. The van der Waals surface area contributed by atoms with E-state index in [9.17, 15) is 9.59 Å². The quantitative estimate of drug-likeness (QED) is 0.753. The van der Waals surface area contributed by atoms with E-state index >= 15 is 0 Å². The second-order valence-corrected chi connectivity index (χ2v) is 5.66. The smallest absolute Gasteiger partial charge is 0.268 e. The molecule has 0 radical (unpaired) electrons. The van der Waals surface area contributed by atoms with Gasteiger partial charge in [-0.05, 0) is 19.3 Å². The Balaban J connectivity index is 1.48. The van der Waals surface area contributed by atoms with Crippen LogP contribution >= 0.6 is 0 Å². The number of hydrogen-bond acceptors (Lipinski definition) is 4. The topological polar surface area (TPSA) is 73.8 Å². The summed E-state index contributed by atoms with van der Waals surface area (Å²) in [5, 5.41) is 6.74. The third-order valence-electron chi connectivity index (χ3n) is 4.30. The lowest BCUT2D eigenvalue weighted by Crippen LogP contribution is -2.41. The Hall–Kier alpha value is -1.43. The zero-order chi connectivity index (χ0) is 13.2. The van der Waals surface area contributed by atoms with Crippen LogP contribution in [0.2, 0.25) is 0 Å². The van der Waals surface area contributed by atoms with E-state index in [1.54, 1.807) is 0 Å². The van der Waals surface area contributed by atoms with Crippen molar-refractivity contribution in [3.05, 3.63) is 0 Å². The van der Waals surface area contributed by atoms with Crippen molar-refractivity contribution in [3.63, 3.8) is 0 Å². The Labute approximate surface area is 112 Å². The Kier molecular flexibility index (Phi) is 3.50. The summed E-state index contributed by atoms with van der Waals surface area (Å²) in [7, 11) is 0. The van der Waals surface area contributed by atoms with E-state index < -0.39 is 0 Å². The Morgan fingerprint density at radius 2 is 2.11 bits per heavy atom. The van der Waals surface area contributed by atoms with Gasteiger partial charge in [-0.1, -0.05) is 12.8 Å². The van der Waals surface area contributed by atoms with E-state index in [1.807, 2.05) is 0 Å². The number of hydrogen-bond donors (Lipinski definition) is 2. The highest BCUT2D eigenvalue weighted by Gasteiger charge is 2.32. The van der Waals surface area contributed by atoms with Gasteiger partial charge in [0.1, 0.15) is 5.71 Å². The maximum Gasteiger partial charge on any atom is 0.268 e.